The summed E-state index contributed by atoms with van der Waals surface area (Å²) < 4.78 is 10.1. The summed E-state index contributed by atoms with van der Waals surface area (Å²) in [5, 5.41) is -0.550. The predicted octanol–water partition coefficient (Wildman–Crippen LogP) is 7.86. The molecule has 0 aromatic carbocycles. The molecule has 0 heterocycles. The molecule has 2 atom stereocenters. The predicted molar refractivity (Wildman–Crippen MR) is 134 cm³/mol. The number of hydrogen-bond donors (Lipinski definition) is 0. The standard InChI is InChI=1S/C26H50O4S/c1-5-7-9-11-13-15-17-19-21-23(25(27)29-3)31-24(26(28)30-4)22-20-18-16-14-12-10-8-6-2/h23-24H,5-22H2,1-4H3. The highest BCUT2D eigenvalue weighted by molar-refractivity contribution is 8.01. The van der Waals surface area contributed by atoms with E-state index in [2.05, 4.69) is 13.8 Å². The molecule has 2 unspecified atom stereocenters. The van der Waals surface area contributed by atoms with Crippen molar-refractivity contribution in [2.24, 2.45) is 0 Å². The molecule has 0 saturated carbocycles. The van der Waals surface area contributed by atoms with E-state index in [9.17, 15) is 9.59 Å². The zero-order valence-corrected chi connectivity index (χ0v) is 21.7. The monoisotopic (exact) mass is 458 g/mol. The van der Waals surface area contributed by atoms with Crippen molar-refractivity contribution in [2.75, 3.05) is 14.2 Å². The Balaban J connectivity index is 4.31. The van der Waals surface area contributed by atoms with Crippen LogP contribution in [0.3, 0.4) is 0 Å². The molecule has 0 saturated heterocycles. The zero-order valence-electron chi connectivity index (χ0n) is 20.9. The molecule has 0 N–H and O–H groups in total. The van der Waals surface area contributed by atoms with Crippen molar-refractivity contribution < 1.29 is 19.1 Å². The van der Waals surface area contributed by atoms with Crippen LogP contribution in [0.15, 0.2) is 0 Å². The smallest absolute Gasteiger partial charge is 0.318 e. The number of hydrogen-bond acceptors (Lipinski definition) is 5. The fourth-order valence-electron chi connectivity index (χ4n) is 3.87. The Morgan fingerprint density at radius 2 is 0.839 bits per heavy atom. The molecule has 0 radical (unpaired) electrons. The van der Waals surface area contributed by atoms with Crippen molar-refractivity contribution in [2.45, 2.75) is 140 Å². The topological polar surface area (TPSA) is 52.6 Å². The zero-order chi connectivity index (χ0) is 23.2. The second-order valence-corrected chi connectivity index (χ2v) is 10.1. The maximum Gasteiger partial charge on any atom is 0.318 e. The maximum absolute atomic E-state index is 12.3. The number of carbonyl (C=O) groups is 2. The Bertz CT molecular complexity index is 390. The van der Waals surface area contributed by atoms with Gasteiger partial charge in [0.2, 0.25) is 0 Å². The third-order valence-corrected chi connectivity index (χ3v) is 7.41. The van der Waals surface area contributed by atoms with Gasteiger partial charge in [-0.3, -0.25) is 9.59 Å². The van der Waals surface area contributed by atoms with E-state index in [4.69, 9.17) is 9.47 Å². The minimum absolute atomic E-state index is 0.210. The Labute approximate surface area is 197 Å². The third kappa shape index (κ3) is 17.5. The van der Waals surface area contributed by atoms with E-state index in [0.717, 1.165) is 38.5 Å². The van der Waals surface area contributed by atoms with Crippen LogP contribution in [0.2, 0.25) is 0 Å². The molecule has 4 nitrogen and oxygen atoms in total. The van der Waals surface area contributed by atoms with Crippen LogP contribution in [-0.4, -0.2) is 36.7 Å². The highest BCUT2D eigenvalue weighted by Gasteiger charge is 2.28. The summed E-state index contributed by atoms with van der Waals surface area (Å²) in [5.74, 6) is -0.421. The Kier molecular flexibility index (Phi) is 22.0. The second-order valence-electron chi connectivity index (χ2n) is 8.69. The highest BCUT2D eigenvalue weighted by atomic mass is 32.2. The van der Waals surface area contributed by atoms with E-state index in [1.54, 1.807) is 0 Å². The lowest BCUT2D eigenvalue weighted by molar-refractivity contribution is -0.140. The molecule has 31 heavy (non-hydrogen) atoms. The quantitative estimate of drug-likeness (QED) is 0.122. The van der Waals surface area contributed by atoms with Crippen LogP contribution in [0.25, 0.3) is 0 Å². The summed E-state index contributed by atoms with van der Waals surface area (Å²) in [6.45, 7) is 4.47. The summed E-state index contributed by atoms with van der Waals surface area (Å²) in [6, 6.07) is 0. The molecular formula is C26H50O4S. The fraction of sp³-hybridized carbons (Fsp3) is 0.923. The molecule has 0 bridgehead atoms. The van der Waals surface area contributed by atoms with E-state index >= 15 is 0 Å². The number of unbranched alkanes of at least 4 members (excludes halogenated alkanes) is 14. The van der Waals surface area contributed by atoms with Crippen LogP contribution in [0.4, 0.5) is 0 Å². The van der Waals surface area contributed by atoms with Crippen LogP contribution >= 0.6 is 11.8 Å². The first-order valence-corrected chi connectivity index (χ1v) is 13.9. The molecule has 184 valence electrons. The summed E-state index contributed by atoms with van der Waals surface area (Å²) in [5.41, 5.74) is 0. The largest absolute Gasteiger partial charge is 0.468 e. The van der Waals surface area contributed by atoms with Crippen molar-refractivity contribution >= 4 is 23.7 Å². The van der Waals surface area contributed by atoms with Crippen LogP contribution < -0.4 is 0 Å². The van der Waals surface area contributed by atoms with Crippen molar-refractivity contribution in [3.63, 3.8) is 0 Å². The van der Waals surface area contributed by atoms with Gasteiger partial charge in [0.1, 0.15) is 10.5 Å². The summed E-state index contributed by atoms with van der Waals surface area (Å²) in [6.07, 6.45) is 21.3. The lowest BCUT2D eigenvalue weighted by atomic mass is 10.1. The van der Waals surface area contributed by atoms with Crippen LogP contribution in [-0.2, 0) is 19.1 Å². The average Bonchev–Trinajstić information content (AvgIpc) is 2.79. The number of ether oxygens (including phenoxy) is 2. The molecule has 0 amide bonds. The van der Waals surface area contributed by atoms with E-state index in [0.29, 0.717) is 0 Å². The molecule has 5 heteroatoms. The Morgan fingerprint density at radius 1 is 0.548 bits per heavy atom. The van der Waals surface area contributed by atoms with Crippen molar-refractivity contribution in [1.82, 2.24) is 0 Å². The minimum atomic E-state index is -0.275. The molecule has 0 aliphatic carbocycles. The van der Waals surface area contributed by atoms with Gasteiger partial charge < -0.3 is 9.47 Å². The lowest BCUT2D eigenvalue weighted by Crippen LogP contribution is -2.27. The number of carbonyl (C=O) groups excluding carboxylic acids is 2. The van der Waals surface area contributed by atoms with Gasteiger partial charge in [-0.15, -0.1) is 11.8 Å². The van der Waals surface area contributed by atoms with Crippen molar-refractivity contribution in [3.05, 3.63) is 0 Å². The molecule has 0 spiro atoms. The van der Waals surface area contributed by atoms with Gasteiger partial charge in [0.25, 0.3) is 0 Å². The molecule has 0 fully saturated rings. The molecule has 0 aromatic rings. The average molecular weight is 459 g/mol. The first-order valence-electron chi connectivity index (χ1n) is 12.9. The number of rotatable bonds is 22. The van der Waals surface area contributed by atoms with Crippen molar-refractivity contribution in [1.29, 1.82) is 0 Å². The number of methoxy groups -OCH3 is 2. The highest BCUT2D eigenvalue weighted by Crippen LogP contribution is 2.29. The van der Waals surface area contributed by atoms with E-state index in [1.165, 1.54) is 103 Å². The first-order chi connectivity index (χ1) is 15.1. The SMILES string of the molecule is CCCCCCCCCCC(SC(CCCCCCCCCC)C(=O)OC)C(=O)OC. The molecule has 0 aromatic heterocycles. The van der Waals surface area contributed by atoms with E-state index in [1.807, 2.05) is 0 Å². The molecular weight excluding hydrogens is 408 g/mol. The Morgan fingerprint density at radius 3 is 1.13 bits per heavy atom. The Hall–Kier alpha value is -0.710. The van der Waals surface area contributed by atoms with Crippen molar-refractivity contribution in [3.8, 4) is 0 Å². The molecule has 0 aliphatic rings. The van der Waals surface area contributed by atoms with Crippen LogP contribution in [0, 0.1) is 0 Å². The van der Waals surface area contributed by atoms with Gasteiger partial charge in [-0.1, -0.05) is 117 Å². The van der Waals surface area contributed by atoms with Gasteiger partial charge in [-0.2, -0.15) is 0 Å². The van der Waals surface area contributed by atoms with Gasteiger partial charge in [-0.25, -0.2) is 0 Å². The first kappa shape index (κ1) is 30.3. The summed E-state index contributed by atoms with van der Waals surface area (Å²) in [7, 11) is 2.88. The number of esters is 2. The normalized spacial score (nSPS) is 13.0. The van der Waals surface area contributed by atoms with Gasteiger partial charge in [0, 0.05) is 0 Å². The fourth-order valence-corrected chi connectivity index (χ4v) is 5.29. The van der Waals surface area contributed by atoms with Crippen LogP contribution in [0.1, 0.15) is 129 Å². The lowest BCUT2D eigenvalue weighted by Gasteiger charge is -2.20. The number of thioether (sulfide) groups is 1. The van der Waals surface area contributed by atoms with E-state index < -0.39 is 0 Å². The molecule has 0 rings (SSSR count). The van der Waals surface area contributed by atoms with E-state index in [-0.39, 0.29) is 22.4 Å². The van der Waals surface area contributed by atoms with Gasteiger partial charge >= 0.3 is 11.9 Å². The van der Waals surface area contributed by atoms with Gasteiger partial charge in [0.05, 0.1) is 14.2 Å². The van der Waals surface area contributed by atoms with Gasteiger partial charge in [0.15, 0.2) is 0 Å². The maximum atomic E-state index is 12.3. The summed E-state index contributed by atoms with van der Waals surface area (Å²) in [4.78, 5) is 24.6. The second kappa shape index (κ2) is 22.5. The van der Waals surface area contributed by atoms with Gasteiger partial charge in [-0.05, 0) is 12.8 Å². The minimum Gasteiger partial charge on any atom is -0.468 e. The van der Waals surface area contributed by atoms with Crippen LogP contribution in [0.5, 0.6) is 0 Å². The molecule has 0 aliphatic heterocycles. The summed E-state index contributed by atoms with van der Waals surface area (Å²) >= 11 is 1.46. The third-order valence-electron chi connectivity index (χ3n) is 5.90.